The molecule has 0 aliphatic rings. The van der Waals surface area contributed by atoms with E-state index in [0.29, 0.717) is 6.92 Å². The number of carbonyl (C=O) groups excluding carboxylic acids is 1. The Balaban J connectivity index is 4.59. The highest BCUT2D eigenvalue weighted by molar-refractivity contribution is 5.71. The Bertz CT molecular complexity index is 234. The number of hydrogen-bond acceptors (Lipinski definition) is 2. The average Bonchev–Trinajstić information content (AvgIpc) is 2.01. The number of alkyl halides is 5. The summed E-state index contributed by atoms with van der Waals surface area (Å²) in [4.78, 5) is 10.8. The van der Waals surface area contributed by atoms with Crippen molar-refractivity contribution >= 4 is 5.97 Å². The molecule has 0 aromatic heterocycles. The standard InChI is InChI=1S/C8H11F5O2/c1-4(2)6(14)15-5(3)7(9,10)8(11,12)13/h4-5H,1-3H3/t5-/m1/s1. The van der Waals surface area contributed by atoms with Gasteiger partial charge in [-0.2, -0.15) is 22.0 Å². The fourth-order valence-corrected chi connectivity index (χ4v) is 0.615. The van der Waals surface area contributed by atoms with E-state index >= 15 is 0 Å². The minimum Gasteiger partial charge on any atom is -0.456 e. The number of halogens is 5. The SMILES string of the molecule is CC(C)C(=O)O[C@H](C)C(F)(F)C(F)(F)F. The summed E-state index contributed by atoms with van der Waals surface area (Å²) in [7, 11) is 0. The van der Waals surface area contributed by atoms with Crippen LogP contribution in [-0.2, 0) is 9.53 Å². The molecule has 0 bridgehead atoms. The van der Waals surface area contributed by atoms with Crippen LogP contribution in [0, 0.1) is 5.92 Å². The third kappa shape index (κ3) is 3.32. The Kier molecular flexibility index (Phi) is 4.07. The van der Waals surface area contributed by atoms with E-state index in [1.807, 2.05) is 0 Å². The van der Waals surface area contributed by atoms with Gasteiger partial charge in [0.25, 0.3) is 0 Å². The van der Waals surface area contributed by atoms with Crippen LogP contribution >= 0.6 is 0 Å². The molecular formula is C8H11F5O2. The van der Waals surface area contributed by atoms with Crippen molar-refractivity contribution in [2.24, 2.45) is 5.92 Å². The lowest BCUT2D eigenvalue weighted by Crippen LogP contribution is -2.47. The van der Waals surface area contributed by atoms with Crippen LogP contribution in [0.3, 0.4) is 0 Å². The van der Waals surface area contributed by atoms with Gasteiger partial charge in [0, 0.05) is 0 Å². The van der Waals surface area contributed by atoms with Crippen LogP contribution in [0.4, 0.5) is 22.0 Å². The van der Waals surface area contributed by atoms with Crippen molar-refractivity contribution in [2.45, 2.75) is 39.0 Å². The van der Waals surface area contributed by atoms with Gasteiger partial charge in [-0.1, -0.05) is 13.8 Å². The Morgan fingerprint density at radius 1 is 1.07 bits per heavy atom. The van der Waals surface area contributed by atoms with Gasteiger partial charge in [0.15, 0.2) is 6.10 Å². The summed E-state index contributed by atoms with van der Waals surface area (Å²) in [5.41, 5.74) is 0. The summed E-state index contributed by atoms with van der Waals surface area (Å²) in [5, 5.41) is 0. The molecule has 0 saturated carbocycles. The van der Waals surface area contributed by atoms with E-state index in [1.165, 1.54) is 13.8 Å². The third-order valence-electron chi connectivity index (χ3n) is 1.65. The summed E-state index contributed by atoms with van der Waals surface area (Å²) < 4.78 is 64.5. The predicted molar refractivity (Wildman–Crippen MR) is 41.4 cm³/mol. The van der Waals surface area contributed by atoms with Crippen molar-refractivity contribution in [3.63, 3.8) is 0 Å². The Hall–Kier alpha value is -0.880. The molecule has 0 rings (SSSR count). The molecule has 0 aliphatic heterocycles. The molecule has 0 radical (unpaired) electrons. The fourth-order valence-electron chi connectivity index (χ4n) is 0.615. The predicted octanol–water partition coefficient (Wildman–Crippen LogP) is 2.77. The first-order valence-electron chi connectivity index (χ1n) is 4.15. The van der Waals surface area contributed by atoms with Crippen molar-refractivity contribution in [3.8, 4) is 0 Å². The molecule has 0 saturated heterocycles. The highest BCUT2D eigenvalue weighted by Gasteiger charge is 2.62. The third-order valence-corrected chi connectivity index (χ3v) is 1.65. The average molecular weight is 234 g/mol. The monoisotopic (exact) mass is 234 g/mol. The van der Waals surface area contributed by atoms with E-state index < -0.39 is 30.1 Å². The molecule has 0 amide bonds. The van der Waals surface area contributed by atoms with E-state index in [1.54, 1.807) is 0 Å². The molecule has 0 aromatic carbocycles. The van der Waals surface area contributed by atoms with E-state index in [0.717, 1.165) is 0 Å². The number of esters is 1. The zero-order valence-electron chi connectivity index (χ0n) is 8.36. The summed E-state index contributed by atoms with van der Waals surface area (Å²) >= 11 is 0. The molecular weight excluding hydrogens is 223 g/mol. The molecule has 15 heavy (non-hydrogen) atoms. The van der Waals surface area contributed by atoms with Gasteiger partial charge in [-0.05, 0) is 6.92 Å². The van der Waals surface area contributed by atoms with Crippen molar-refractivity contribution in [3.05, 3.63) is 0 Å². The zero-order valence-corrected chi connectivity index (χ0v) is 8.36. The second-order valence-corrected chi connectivity index (χ2v) is 3.35. The van der Waals surface area contributed by atoms with Crippen LogP contribution in [0.25, 0.3) is 0 Å². The molecule has 0 aliphatic carbocycles. The van der Waals surface area contributed by atoms with Crippen LogP contribution in [0.15, 0.2) is 0 Å². The molecule has 0 heterocycles. The van der Waals surface area contributed by atoms with E-state index in [-0.39, 0.29) is 0 Å². The smallest absolute Gasteiger partial charge is 0.456 e. The summed E-state index contributed by atoms with van der Waals surface area (Å²) in [6.45, 7) is 3.18. The highest BCUT2D eigenvalue weighted by Crippen LogP contribution is 2.39. The van der Waals surface area contributed by atoms with Crippen molar-refractivity contribution in [1.29, 1.82) is 0 Å². The Morgan fingerprint density at radius 3 is 1.73 bits per heavy atom. The van der Waals surface area contributed by atoms with Crippen molar-refractivity contribution in [1.82, 2.24) is 0 Å². The first-order chi connectivity index (χ1) is 6.50. The van der Waals surface area contributed by atoms with Crippen LogP contribution in [0.1, 0.15) is 20.8 Å². The molecule has 0 spiro atoms. The summed E-state index contributed by atoms with van der Waals surface area (Å²) in [5.74, 6) is -6.87. The first-order valence-corrected chi connectivity index (χ1v) is 4.15. The van der Waals surface area contributed by atoms with Gasteiger partial charge < -0.3 is 4.74 Å². The van der Waals surface area contributed by atoms with Crippen LogP contribution in [-0.4, -0.2) is 24.2 Å². The van der Waals surface area contributed by atoms with Gasteiger partial charge in [0.05, 0.1) is 5.92 Å². The molecule has 90 valence electrons. The van der Waals surface area contributed by atoms with Gasteiger partial charge in [0.1, 0.15) is 0 Å². The summed E-state index contributed by atoms with van der Waals surface area (Å²) in [6, 6.07) is 0. The van der Waals surface area contributed by atoms with Gasteiger partial charge in [-0.15, -0.1) is 0 Å². The summed E-state index contributed by atoms with van der Waals surface area (Å²) in [6.07, 6.45) is -8.24. The minimum atomic E-state index is -5.72. The molecule has 0 fully saturated rings. The largest absolute Gasteiger partial charge is 0.457 e. The quantitative estimate of drug-likeness (QED) is 0.554. The Morgan fingerprint density at radius 2 is 1.47 bits per heavy atom. The highest BCUT2D eigenvalue weighted by atomic mass is 19.4. The molecule has 0 unspecified atom stereocenters. The lowest BCUT2D eigenvalue weighted by molar-refractivity contribution is -0.312. The molecule has 0 N–H and O–H groups in total. The molecule has 1 atom stereocenters. The fraction of sp³-hybridized carbons (Fsp3) is 0.875. The normalized spacial score (nSPS) is 15.3. The molecule has 7 heteroatoms. The molecule has 0 aromatic rings. The maximum absolute atomic E-state index is 12.5. The van der Waals surface area contributed by atoms with Crippen LogP contribution in [0.2, 0.25) is 0 Å². The van der Waals surface area contributed by atoms with Gasteiger partial charge in [-0.25, -0.2) is 0 Å². The number of ether oxygens (including phenoxy) is 1. The topological polar surface area (TPSA) is 26.3 Å². The maximum Gasteiger partial charge on any atom is 0.457 e. The van der Waals surface area contributed by atoms with E-state index in [2.05, 4.69) is 4.74 Å². The van der Waals surface area contributed by atoms with E-state index in [4.69, 9.17) is 0 Å². The lowest BCUT2D eigenvalue weighted by Gasteiger charge is -2.26. The first kappa shape index (κ1) is 14.1. The van der Waals surface area contributed by atoms with Gasteiger partial charge >= 0.3 is 18.1 Å². The zero-order chi connectivity index (χ0) is 12.4. The minimum absolute atomic E-state index is 0.508. The van der Waals surface area contributed by atoms with Crippen molar-refractivity contribution < 1.29 is 31.5 Å². The van der Waals surface area contributed by atoms with Crippen LogP contribution < -0.4 is 0 Å². The number of rotatable bonds is 3. The Labute approximate surface area is 83.4 Å². The second kappa shape index (κ2) is 4.32. The van der Waals surface area contributed by atoms with Crippen molar-refractivity contribution in [2.75, 3.05) is 0 Å². The second-order valence-electron chi connectivity index (χ2n) is 3.35. The lowest BCUT2D eigenvalue weighted by atomic mass is 10.2. The van der Waals surface area contributed by atoms with Crippen LogP contribution in [0.5, 0.6) is 0 Å². The van der Waals surface area contributed by atoms with Gasteiger partial charge in [0.2, 0.25) is 0 Å². The van der Waals surface area contributed by atoms with E-state index in [9.17, 15) is 26.7 Å². The van der Waals surface area contributed by atoms with Gasteiger partial charge in [-0.3, -0.25) is 4.79 Å². The molecule has 2 nitrogen and oxygen atoms in total. The number of carbonyl (C=O) groups is 1. The number of hydrogen-bond donors (Lipinski definition) is 0. The maximum atomic E-state index is 12.5.